The molecule has 0 unspecified atom stereocenters. The minimum absolute atomic E-state index is 0.0562. The highest BCUT2D eigenvalue weighted by molar-refractivity contribution is 5.25. The van der Waals surface area contributed by atoms with Gasteiger partial charge >= 0.3 is 0 Å². The minimum atomic E-state index is -1.08. The first-order valence-electron chi connectivity index (χ1n) is 4.77. The zero-order chi connectivity index (χ0) is 11.5. The smallest absolute Gasteiger partial charge is 0.188 e. The van der Waals surface area contributed by atoms with Gasteiger partial charge in [0.25, 0.3) is 0 Å². The molecule has 0 radical (unpaired) electrons. The highest BCUT2D eigenvalue weighted by atomic mass is 16.7. The molecule has 0 saturated heterocycles. The molecule has 1 rings (SSSR count). The Morgan fingerprint density at radius 3 is 2.93 bits per heavy atom. The lowest BCUT2D eigenvalue weighted by Gasteiger charge is -2.16. The lowest BCUT2D eigenvalue weighted by Crippen LogP contribution is -2.17. The van der Waals surface area contributed by atoms with Crippen LogP contribution < -0.4 is 4.74 Å². The molecule has 0 aliphatic heterocycles. The summed E-state index contributed by atoms with van der Waals surface area (Å²) in [6.07, 6.45) is 0.0562. The lowest BCUT2D eigenvalue weighted by molar-refractivity contribution is 0.0491. The Morgan fingerprint density at radius 2 is 2.36 bits per heavy atom. The molecule has 0 aliphatic carbocycles. The van der Waals surface area contributed by atoms with Crippen LogP contribution in [0.2, 0.25) is 0 Å². The second-order valence-electron chi connectivity index (χ2n) is 3.43. The van der Waals surface area contributed by atoms with Crippen molar-refractivity contribution < 1.29 is 16.0 Å². The maximum Gasteiger partial charge on any atom is 0.188 e. The first-order valence-corrected chi connectivity index (χ1v) is 4.27. The molecule has 78 valence electrons. The van der Waals surface area contributed by atoms with E-state index in [2.05, 4.69) is 4.98 Å². The van der Waals surface area contributed by atoms with Crippen LogP contribution in [0, 0.1) is 0 Å². The fourth-order valence-electron chi connectivity index (χ4n) is 0.898. The van der Waals surface area contributed by atoms with Gasteiger partial charge in [0.05, 0.1) is 7.06 Å². The number of hydrogen-bond acceptors (Lipinski definition) is 4. The molecule has 0 saturated carbocycles. The van der Waals surface area contributed by atoms with Crippen LogP contribution >= 0.6 is 0 Å². The molecule has 0 spiro atoms. The first-order chi connectivity index (χ1) is 6.93. The summed E-state index contributed by atoms with van der Waals surface area (Å²) in [6, 6.07) is 3.06. The van der Waals surface area contributed by atoms with Gasteiger partial charge < -0.3 is 14.6 Å². The van der Waals surface area contributed by atoms with Crippen molar-refractivity contribution >= 4 is 0 Å². The topological polar surface area (TPSA) is 51.6 Å². The van der Waals surface area contributed by atoms with Crippen molar-refractivity contribution in [3.8, 4) is 5.75 Å². The summed E-state index contributed by atoms with van der Waals surface area (Å²) in [5, 5.41) is 9.73. The van der Waals surface area contributed by atoms with Gasteiger partial charge in [-0.05, 0) is 19.9 Å². The van der Waals surface area contributed by atoms with E-state index in [0.717, 1.165) is 0 Å². The van der Waals surface area contributed by atoms with Gasteiger partial charge in [-0.15, -0.1) is 0 Å². The van der Waals surface area contributed by atoms with Crippen molar-refractivity contribution in [2.24, 2.45) is 0 Å². The number of pyridine rings is 1. The van der Waals surface area contributed by atoms with Gasteiger partial charge in [0.2, 0.25) is 0 Å². The molecule has 1 aromatic rings. The van der Waals surface area contributed by atoms with Crippen molar-refractivity contribution in [1.29, 1.82) is 0 Å². The van der Waals surface area contributed by atoms with Crippen LogP contribution in [0.25, 0.3) is 0 Å². The molecule has 4 nitrogen and oxygen atoms in total. The summed E-state index contributed by atoms with van der Waals surface area (Å²) < 4.78 is 17.4. The zero-order valence-corrected chi connectivity index (χ0v) is 8.57. The predicted octanol–water partition coefficient (Wildman–Crippen LogP) is 1.29. The SMILES string of the molecule is [2H]c1cc(OCOC)cc(C(C)(C)O)n1. The summed E-state index contributed by atoms with van der Waals surface area (Å²) in [5.74, 6) is 0.467. The predicted molar refractivity (Wildman–Crippen MR) is 52.0 cm³/mol. The summed E-state index contributed by atoms with van der Waals surface area (Å²) in [5.41, 5.74) is -0.677. The number of aliphatic hydroxyl groups is 1. The van der Waals surface area contributed by atoms with Gasteiger partial charge in [-0.25, -0.2) is 0 Å². The van der Waals surface area contributed by atoms with Gasteiger partial charge in [-0.2, -0.15) is 0 Å². The molecule has 0 fully saturated rings. The molecule has 1 heterocycles. The standard InChI is InChI=1S/C10H15NO3/c1-10(2,12)9-6-8(4-5-11-9)14-7-13-3/h4-6,12H,7H2,1-3H3/i5D. The van der Waals surface area contributed by atoms with E-state index in [9.17, 15) is 5.11 Å². The van der Waals surface area contributed by atoms with E-state index in [4.69, 9.17) is 10.8 Å². The molecule has 4 heteroatoms. The maximum absolute atomic E-state index is 9.73. The molecule has 0 aliphatic rings. The van der Waals surface area contributed by atoms with Crippen molar-refractivity contribution in [3.63, 3.8) is 0 Å². The number of hydrogen-bond donors (Lipinski definition) is 1. The van der Waals surface area contributed by atoms with Crippen LogP contribution in [0.4, 0.5) is 0 Å². The summed E-state index contributed by atoms with van der Waals surface area (Å²) >= 11 is 0. The Balaban J connectivity index is 2.95. The monoisotopic (exact) mass is 198 g/mol. The third-order valence-corrected chi connectivity index (χ3v) is 1.64. The van der Waals surface area contributed by atoms with E-state index >= 15 is 0 Å². The molecule has 0 atom stereocenters. The second-order valence-corrected chi connectivity index (χ2v) is 3.43. The van der Waals surface area contributed by atoms with Gasteiger partial charge in [-0.3, -0.25) is 4.98 Å². The van der Waals surface area contributed by atoms with E-state index in [1.54, 1.807) is 19.9 Å². The number of aromatic nitrogens is 1. The van der Waals surface area contributed by atoms with E-state index in [-0.39, 0.29) is 13.0 Å². The third-order valence-electron chi connectivity index (χ3n) is 1.64. The highest BCUT2D eigenvalue weighted by Crippen LogP contribution is 2.21. The largest absolute Gasteiger partial charge is 0.467 e. The van der Waals surface area contributed by atoms with E-state index < -0.39 is 5.60 Å². The average molecular weight is 198 g/mol. The summed E-state index contributed by atoms with van der Waals surface area (Å²) in [4.78, 5) is 3.91. The minimum Gasteiger partial charge on any atom is -0.467 e. The van der Waals surface area contributed by atoms with Crippen molar-refractivity contribution in [3.05, 3.63) is 24.0 Å². The Morgan fingerprint density at radius 1 is 1.64 bits per heavy atom. The van der Waals surface area contributed by atoms with Gasteiger partial charge in [0.1, 0.15) is 11.4 Å². The van der Waals surface area contributed by atoms with E-state index in [1.807, 2.05) is 0 Å². The van der Waals surface area contributed by atoms with Crippen LogP contribution in [-0.4, -0.2) is 24.0 Å². The fourth-order valence-corrected chi connectivity index (χ4v) is 0.898. The Kier molecular flexibility index (Phi) is 2.96. The van der Waals surface area contributed by atoms with Crippen molar-refractivity contribution in [2.75, 3.05) is 13.9 Å². The highest BCUT2D eigenvalue weighted by Gasteiger charge is 2.17. The zero-order valence-electron chi connectivity index (χ0n) is 9.57. The quantitative estimate of drug-likeness (QED) is 0.741. The van der Waals surface area contributed by atoms with Crippen molar-refractivity contribution in [2.45, 2.75) is 19.4 Å². The van der Waals surface area contributed by atoms with Crippen LogP contribution in [0.3, 0.4) is 0 Å². The second kappa shape index (κ2) is 4.39. The van der Waals surface area contributed by atoms with Crippen LogP contribution in [0.15, 0.2) is 18.3 Å². The molecular weight excluding hydrogens is 182 g/mol. The van der Waals surface area contributed by atoms with Crippen molar-refractivity contribution in [1.82, 2.24) is 4.98 Å². The summed E-state index contributed by atoms with van der Waals surface area (Å²) in [6.45, 7) is 3.32. The van der Waals surface area contributed by atoms with Gasteiger partial charge in [0, 0.05) is 19.3 Å². The van der Waals surface area contributed by atoms with Gasteiger partial charge in [-0.1, -0.05) is 0 Å². The molecule has 14 heavy (non-hydrogen) atoms. The third kappa shape index (κ3) is 2.97. The molecule has 0 aromatic carbocycles. The normalized spacial score (nSPS) is 12.4. The maximum atomic E-state index is 9.73. The number of nitrogens with zero attached hydrogens (tertiary/aromatic N) is 1. The Labute approximate surface area is 84.9 Å². The molecule has 0 amide bonds. The molecule has 1 aromatic heterocycles. The van der Waals surface area contributed by atoms with Crippen LogP contribution in [0.1, 0.15) is 20.9 Å². The first kappa shape index (κ1) is 9.43. The van der Waals surface area contributed by atoms with E-state index in [1.165, 1.54) is 13.2 Å². The molecule has 1 N–H and O–H groups in total. The number of methoxy groups -OCH3 is 1. The molecular formula is C10H15NO3. The summed E-state index contributed by atoms with van der Waals surface area (Å²) in [7, 11) is 1.51. The fraction of sp³-hybridized carbons (Fsp3) is 0.500. The Hall–Kier alpha value is -1.13. The van der Waals surface area contributed by atoms with Crippen LogP contribution in [0.5, 0.6) is 5.75 Å². The Bertz CT molecular complexity index is 336. The van der Waals surface area contributed by atoms with E-state index in [0.29, 0.717) is 11.4 Å². The number of rotatable bonds is 4. The molecule has 0 bridgehead atoms. The average Bonchev–Trinajstić information content (AvgIpc) is 2.12. The lowest BCUT2D eigenvalue weighted by atomic mass is 10.1. The van der Waals surface area contributed by atoms with Gasteiger partial charge in [0.15, 0.2) is 6.79 Å². The van der Waals surface area contributed by atoms with Crippen LogP contribution in [-0.2, 0) is 10.3 Å². The number of ether oxygens (including phenoxy) is 2.